The quantitative estimate of drug-likeness (QED) is 0.0309. The van der Waals surface area contributed by atoms with Crippen LogP contribution in [0.3, 0.4) is 0 Å². The number of sulfone groups is 1. The third kappa shape index (κ3) is 12.9. The van der Waals surface area contributed by atoms with Crippen molar-refractivity contribution in [3.8, 4) is 0 Å². The minimum absolute atomic E-state index is 0.0701. The Kier molecular flexibility index (Phi) is 18.5. The molecule has 1 aromatic heterocycles. The number of benzene rings is 2. The highest BCUT2D eigenvalue weighted by Gasteiger charge is 2.53. The van der Waals surface area contributed by atoms with Gasteiger partial charge in [0, 0.05) is 85.3 Å². The van der Waals surface area contributed by atoms with Gasteiger partial charge in [0.05, 0.1) is 46.9 Å². The number of carbonyl (C=O) groups is 9. The maximum Gasteiger partial charge on any atom is 0.411 e. The Balaban J connectivity index is 0.899. The molecule has 22 nitrogen and oxygen atoms in total. The lowest BCUT2D eigenvalue weighted by molar-refractivity contribution is -0.180. The summed E-state index contributed by atoms with van der Waals surface area (Å²) in [6.45, 7) is 8.47. The highest BCUT2D eigenvalue weighted by atomic mass is 32.2. The summed E-state index contributed by atoms with van der Waals surface area (Å²) in [7, 11) is -3.67. The minimum Gasteiger partial charge on any atom is -0.444 e. The monoisotopic (exact) mass is 1160 g/mol. The first-order valence-electron chi connectivity index (χ1n) is 27.7. The van der Waals surface area contributed by atoms with Crippen LogP contribution in [-0.2, 0) is 82.0 Å². The van der Waals surface area contributed by atoms with Crippen molar-refractivity contribution in [2.75, 3.05) is 50.3 Å². The maximum atomic E-state index is 15.5. The van der Waals surface area contributed by atoms with E-state index in [0.29, 0.717) is 88.9 Å². The minimum atomic E-state index is -3.67. The van der Waals surface area contributed by atoms with E-state index in [1.807, 2.05) is 4.90 Å². The lowest BCUT2D eigenvalue weighted by atomic mass is 9.81. The summed E-state index contributed by atoms with van der Waals surface area (Å²) in [6, 6.07) is 6.23. The van der Waals surface area contributed by atoms with Crippen LogP contribution >= 0.6 is 0 Å². The van der Waals surface area contributed by atoms with Crippen LogP contribution in [0.15, 0.2) is 47.6 Å². The van der Waals surface area contributed by atoms with E-state index in [0.717, 1.165) is 16.7 Å². The second-order valence-electron chi connectivity index (χ2n) is 22.2. The second-order valence-corrected chi connectivity index (χ2v) is 24.5. The van der Waals surface area contributed by atoms with E-state index in [1.54, 1.807) is 71.9 Å². The molecular weight excluding hydrogens is 1090 g/mol. The van der Waals surface area contributed by atoms with Gasteiger partial charge in [-0.05, 0) is 85.4 Å². The zero-order chi connectivity index (χ0) is 59.5. The fraction of sp³-hybridized carbons (Fsp3) is 0.517. The largest absolute Gasteiger partial charge is 0.444 e. The topological polar surface area (TPSA) is 294 Å². The molecule has 5 atom stereocenters. The molecule has 4 N–H and O–H groups in total. The molecule has 4 aliphatic heterocycles. The van der Waals surface area contributed by atoms with Crippen LogP contribution in [0.2, 0.25) is 0 Å². The van der Waals surface area contributed by atoms with Crippen LogP contribution in [0.4, 0.5) is 14.9 Å². The van der Waals surface area contributed by atoms with Crippen LogP contribution < -0.4 is 16.0 Å². The number of aliphatic hydroxyl groups excluding tert-OH is 1. The van der Waals surface area contributed by atoms with Gasteiger partial charge in [-0.15, -0.1) is 0 Å². The van der Waals surface area contributed by atoms with Gasteiger partial charge in [-0.25, -0.2) is 32.2 Å². The molecule has 440 valence electrons. The predicted molar refractivity (Wildman–Crippen MR) is 294 cm³/mol. The zero-order valence-electron chi connectivity index (χ0n) is 47.1. The van der Waals surface area contributed by atoms with Crippen molar-refractivity contribution in [2.45, 2.75) is 130 Å². The molecule has 1 fully saturated rings. The molecule has 2 aromatic carbocycles. The van der Waals surface area contributed by atoms with Gasteiger partial charge in [-0.2, -0.15) is 0 Å². The van der Waals surface area contributed by atoms with Crippen LogP contribution in [0.1, 0.15) is 126 Å². The number of aliphatic hydroxyl groups is 1. The molecule has 1 unspecified atom stereocenters. The molecule has 1 aliphatic carbocycles. The molecule has 0 saturated carbocycles. The van der Waals surface area contributed by atoms with Gasteiger partial charge in [0.1, 0.15) is 35.6 Å². The van der Waals surface area contributed by atoms with Crippen molar-refractivity contribution in [1.82, 2.24) is 30.3 Å². The molecule has 5 heterocycles. The number of fused-ring (bicyclic) bond motifs is 4. The second kappa shape index (κ2) is 25.0. The number of Topliss-reactive ketones (excluding diaryl/α,β-unsaturated/α-hetero) is 1. The van der Waals surface area contributed by atoms with Gasteiger partial charge in [0.15, 0.2) is 11.4 Å². The molecule has 0 radical (unpaired) electrons. The number of halogens is 1. The smallest absolute Gasteiger partial charge is 0.411 e. The van der Waals surface area contributed by atoms with E-state index in [1.165, 1.54) is 11.0 Å². The Morgan fingerprint density at radius 2 is 1.74 bits per heavy atom. The van der Waals surface area contributed by atoms with Crippen molar-refractivity contribution >= 4 is 85.5 Å². The molecule has 0 spiro atoms. The Morgan fingerprint density at radius 3 is 2.40 bits per heavy atom. The molecule has 24 heteroatoms. The van der Waals surface area contributed by atoms with Crippen molar-refractivity contribution in [2.24, 2.45) is 17.8 Å². The molecule has 82 heavy (non-hydrogen) atoms. The Bertz CT molecular complexity index is 3310. The zero-order valence-corrected chi connectivity index (χ0v) is 47.9. The number of ether oxygens (including phenoxy) is 3. The number of anilines is 1. The number of aryl methyl sites for hydroxylation is 1. The van der Waals surface area contributed by atoms with E-state index in [2.05, 4.69) is 16.0 Å². The highest BCUT2D eigenvalue weighted by Crippen LogP contribution is 2.49. The van der Waals surface area contributed by atoms with Crippen LogP contribution in [0.5, 0.6) is 0 Å². The summed E-state index contributed by atoms with van der Waals surface area (Å²) in [6.07, 6.45) is 4.19. The maximum absolute atomic E-state index is 15.5. The first kappa shape index (κ1) is 60.7. The molecule has 3 aromatic rings. The van der Waals surface area contributed by atoms with Crippen LogP contribution in [0.25, 0.3) is 16.6 Å². The first-order valence-corrected chi connectivity index (χ1v) is 29.7. The average molecular weight is 1160 g/mol. The summed E-state index contributed by atoms with van der Waals surface area (Å²) in [5.74, 6) is -6.36. The number of aromatic nitrogens is 1. The normalized spacial score (nSPS) is 20.0. The van der Waals surface area contributed by atoms with Crippen molar-refractivity contribution < 1.29 is 75.3 Å². The van der Waals surface area contributed by atoms with Gasteiger partial charge in [-0.3, -0.25) is 38.6 Å². The number of unbranched alkanes of at least 4 members (excludes halogenated alkanes) is 2. The van der Waals surface area contributed by atoms with Gasteiger partial charge < -0.3 is 40.2 Å². The first-order chi connectivity index (χ1) is 38.8. The number of rotatable bonds is 24. The Hall–Kier alpha value is -7.44. The number of cyclic esters (lactones) is 2. The number of imide groups is 1. The fourth-order valence-corrected chi connectivity index (χ4v) is 11.8. The van der Waals surface area contributed by atoms with Gasteiger partial charge >= 0.3 is 18.0 Å². The highest BCUT2D eigenvalue weighted by molar-refractivity contribution is 7.90. The number of hydrogen-bond donors (Lipinski definition) is 4. The number of nitrogens with zero attached hydrogens (tertiary/aromatic N) is 4. The molecule has 6 amide bonds. The van der Waals surface area contributed by atoms with Crippen LogP contribution in [0, 0.1) is 30.5 Å². The van der Waals surface area contributed by atoms with Crippen molar-refractivity contribution in [3.05, 3.63) is 86.9 Å². The van der Waals surface area contributed by atoms with Gasteiger partial charge in [0.2, 0.25) is 29.5 Å². The number of likely N-dealkylation sites (tertiary alicyclic amines) is 1. The standard InChI is InChI=1S/C58H70FN7O15S/c1-8-58(40-24-44-52-39(27-65(44)26-38(40)55(74)81-56(58)75)50-42(61-47(70)28-67)18-17-37-34(6)41(59)25-43(62-52)49(37)50)80-30-64(20-21-82(7,77)78)57(76)79-29-35-13-15-36(16-14-35)60-53(72)32(4)22-45(68)51(31(2)3)63-46(69)12-10-9-11-19-66-48(71)23-33(5)54(66)73/h13-16,24-25,31-33,42,51,67H,8-12,17-23,26-30H2,1-7H3,(H,60,72)(H,61,70)(H,63,69)/t32-,33?,42-,51+,58-/m1/s1. The van der Waals surface area contributed by atoms with E-state index in [-0.39, 0.29) is 91.9 Å². The number of esters is 2. The third-order valence-corrected chi connectivity index (χ3v) is 16.8. The van der Waals surface area contributed by atoms with E-state index >= 15 is 4.39 Å². The summed E-state index contributed by atoms with van der Waals surface area (Å²) in [5, 5.41) is 18.8. The predicted octanol–water partition coefficient (Wildman–Crippen LogP) is 4.76. The number of amides is 6. The van der Waals surface area contributed by atoms with E-state index < -0.39 is 94.7 Å². The third-order valence-electron chi connectivity index (χ3n) is 15.9. The summed E-state index contributed by atoms with van der Waals surface area (Å²) < 4.78 is 57.6. The molecule has 0 bridgehead atoms. The lowest BCUT2D eigenvalue weighted by Crippen LogP contribution is -2.53. The number of pyridine rings is 1. The summed E-state index contributed by atoms with van der Waals surface area (Å²) >= 11 is 0. The van der Waals surface area contributed by atoms with E-state index in [9.17, 15) is 56.7 Å². The fourth-order valence-electron chi connectivity index (χ4n) is 11.3. The summed E-state index contributed by atoms with van der Waals surface area (Å²) in [5.41, 5.74) is 2.90. The Labute approximate surface area is 474 Å². The average Bonchev–Trinajstić information content (AvgIpc) is 1.78. The molecule has 8 rings (SSSR count). The molecule has 1 saturated heterocycles. The SMILES string of the molecule is CC[C@]1(OCN(CCS(C)(=O)=O)C(=O)OCc2ccc(NC(=O)[C@H](C)CC(=O)[C@@H](NC(=O)CCCCCN3C(=O)CC(C)C3=O)C(C)C)cc2)C(=O)OC(=O)C2=C1C=C1c3nc4cc(F)c(C)c5c4c(c3CN1C2)[C@H](NC(=O)CO)CC5. The van der Waals surface area contributed by atoms with Gasteiger partial charge in [-0.1, -0.05) is 53.2 Å². The van der Waals surface area contributed by atoms with Gasteiger partial charge in [0.25, 0.3) is 0 Å². The molecule has 5 aliphatic rings. The lowest BCUT2D eigenvalue weighted by Gasteiger charge is -2.40. The van der Waals surface area contributed by atoms with Crippen LogP contribution in [-0.4, -0.2) is 143 Å². The summed E-state index contributed by atoms with van der Waals surface area (Å²) in [4.78, 5) is 127. The van der Waals surface area contributed by atoms with E-state index in [4.69, 9.17) is 19.2 Å². The Morgan fingerprint density at radius 1 is 1.01 bits per heavy atom. The van der Waals surface area contributed by atoms with Crippen molar-refractivity contribution in [3.63, 3.8) is 0 Å². The molecular formula is C58H70FN7O15S. The number of ketones is 1. The number of hydrogen-bond acceptors (Lipinski definition) is 17. The van der Waals surface area contributed by atoms with Crippen molar-refractivity contribution in [1.29, 1.82) is 0 Å². The number of nitrogens with one attached hydrogen (secondary N) is 3. The number of carbonyl (C=O) groups excluding carboxylic acids is 9.